The topological polar surface area (TPSA) is 99.5 Å². The number of ether oxygens (including phenoxy) is 2. The van der Waals surface area contributed by atoms with E-state index in [-0.39, 0.29) is 11.1 Å². The van der Waals surface area contributed by atoms with Gasteiger partial charge in [0.2, 0.25) is 0 Å². The number of aryl methyl sites for hydroxylation is 1. The third-order valence-electron chi connectivity index (χ3n) is 3.39. The molecule has 8 nitrogen and oxygen atoms in total. The molecular formula is C16H17N3O5. The second-order valence-corrected chi connectivity index (χ2v) is 4.92. The largest absolute Gasteiger partial charge is 0.496 e. The van der Waals surface area contributed by atoms with Crippen LogP contribution in [0.5, 0.6) is 5.75 Å². The van der Waals surface area contributed by atoms with Gasteiger partial charge in [0.05, 0.1) is 18.9 Å². The van der Waals surface area contributed by atoms with Crippen LogP contribution in [0.1, 0.15) is 26.4 Å². The van der Waals surface area contributed by atoms with Gasteiger partial charge in [0.1, 0.15) is 11.3 Å². The molecule has 2 amide bonds. The number of amides is 2. The van der Waals surface area contributed by atoms with E-state index in [4.69, 9.17) is 9.47 Å². The first-order valence-electron chi connectivity index (χ1n) is 7.07. The lowest BCUT2D eigenvalue weighted by atomic mass is 10.2. The number of esters is 1. The van der Waals surface area contributed by atoms with Gasteiger partial charge < -0.3 is 9.47 Å². The number of benzene rings is 1. The van der Waals surface area contributed by atoms with Crippen molar-refractivity contribution in [3.8, 4) is 5.75 Å². The predicted molar refractivity (Wildman–Crippen MR) is 83.7 cm³/mol. The van der Waals surface area contributed by atoms with Crippen molar-refractivity contribution >= 4 is 17.8 Å². The first-order chi connectivity index (χ1) is 11.4. The number of rotatable bonds is 5. The van der Waals surface area contributed by atoms with Crippen molar-refractivity contribution in [3.05, 3.63) is 47.3 Å². The van der Waals surface area contributed by atoms with Gasteiger partial charge in [-0.2, -0.15) is 5.10 Å². The van der Waals surface area contributed by atoms with E-state index in [1.165, 1.54) is 24.1 Å². The zero-order chi connectivity index (χ0) is 17.7. The van der Waals surface area contributed by atoms with Crippen molar-refractivity contribution in [3.63, 3.8) is 0 Å². The maximum atomic E-state index is 12.0. The Balaban J connectivity index is 1.92. The third-order valence-corrected chi connectivity index (χ3v) is 3.39. The predicted octanol–water partition coefficient (Wildman–Crippen LogP) is 0.851. The Morgan fingerprint density at radius 2 is 1.92 bits per heavy atom. The van der Waals surface area contributed by atoms with Crippen molar-refractivity contribution in [2.75, 3.05) is 13.7 Å². The molecule has 0 radical (unpaired) electrons. The summed E-state index contributed by atoms with van der Waals surface area (Å²) in [5.74, 6) is -1.71. The van der Waals surface area contributed by atoms with Gasteiger partial charge in [0.25, 0.3) is 11.8 Å². The van der Waals surface area contributed by atoms with E-state index in [2.05, 4.69) is 10.4 Å². The van der Waals surface area contributed by atoms with Gasteiger partial charge in [-0.15, -0.1) is 0 Å². The number of carbonyl (C=O) groups excluding carboxylic acids is 3. The Labute approximate surface area is 138 Å². The molecule has 2 rings (SSSR count). The average molecular weight is 331 g/mol. The van der Waals surface area contributed by atoms with Crippen LogP contribution in [0.2, 0.25) is 0 Å². The highest BCUT2D eigenvalue weighted by molar-refractivity contribution is 6.07. The Bertz CT molecular complexity index is 782. The fourth-order valence-electron chi connectivity index (χ4n) is 1.97. The highest BCUT2D eigenvalue weighted by Gasteiger charge is 2.18. The second-order valence-electron chi connectivity index (χ2n) is 4.92. The summed E-state index contributed by atoms with van der Waals surface area (Å²) in [7, 11) is 3.11. The summed E-state index contributed by atoms with van der Waals surface area (Å²) in [6.07, 6.45) is 1.36. The standard InChI is InChI=1S/C16H17N3O5/c1-10-12(8-17-19(10)2)16(22)24-9-14(20)18-15(21)11-6-4-5-7-13(11)23-3/h4-8H,9H2,1-3H3,(H,18,20,21). The third kappa shape index (κ3) is 3.78. The van der Waals surface area contributed by atoms with E-state index in [9.17, 15) is 14.4 Å². The van der Waals surface area contributed by atoms with Crippen LogP contribution in [0.3, 0.4) is 0 Å². The van der Waals surface area contributed by atoms with Crippen LogP contribution in [0.25, 0.3) is 0 Å². The van der Waals surface area contributed by atoms with E-state index >= 15 is 0 Å². The molecule has 8 heteroatoms. The van der Waals surface area contributed by atoms with Gasteiger partial charge in [0.15, 0.2) is 6.61 Å². The summed E-state index contributed by atoms with van der Waals surface area (Å²) in [6.45, 7) is 1.13. The highest BCUT2D eigenvalue weighted by atomic mass is 16.5. The second kappa shape index (κ2) is 7.40. The van der Waals surface area contributed by atoms with Crippen LogP contribution in [-0.2, 0) is 16.6 Å². The molecule has 0 aliphatic heterocycles. The van der Waals surface area contributed by atoms with E-state index in [1.54, 1.807) is 32.2 Å². The van der Waals surface area contributed by atoms with E-state index < -0.39 is 24.4 Å². The van der Waals surface area contributed by atoms with Crippen LogP contribution in [0, 0.1) is 6.92 Å². The number of para-hydroxylation sites is 1. The molecular weight excluding hydrogens is 314 g/mol. The molecule has 0 spiro atoms. The quantitative estimate of drug-likeness (QED) is 0.816. The van der Waals surface area contributed by atoms with Gasteiger partial charge in [-0.25, -0.2) is 4.79 Å². The van der Waals surface area contributed by atoms with E-state index in [1.807, 2.05) is 0 Å². The summed E-state index contributed by atoms with van der Waals surface area (Å²) >= 11 is 0. The molecule has 0 aliphatic rings. The number of aromatic nitrogens is 2. The van der Waals surface area contributed by atoms with Gasteiger partial charge in [0, 0.05) is 12.7 Å². The summed E-state index contributed by atoms with van der Waals surface area (Å²) in [5.41, 5.74) is 1.09. The summed E-state index contributed by atoms with van der Waals surface area (Å²) in [4.78, 5) is 35.7. The first kappa shape index (κ1) is 17.2. The maximum Gasteiger partial charge on any atom is 0.342 e. The maximum absolute atomic E-state index is 12.0. The lowest BCUT2D eigenvalue weighted by molar-refractivity contribution is -0.123. The summed E-state index contributed by atoms with van der Waals surface area (Å²) < 4.78 is 11.5. The number of nitrogens with zero attached hydrogens (tertiary/aromatic N) is 2. The number of carbonyl (C=O) groups is 3. The van der Waals surface area contributed by atoms with Gasteiger partial charge in [-0.1, -0.05) is 12.1 Å². The smallest absolute Gasteiger partial charge is 0.342 e. The van der Waals surface area contributed by atoms with Crippen molar-refractivity contribution < 1.29 is 23.9 Å². The molecule has 24 heavy (non-hydrogen) atoms. The molecule has 126 valence electrons. The molecule has 0 fully saturated rings. The fraction of sp³-hybridized carbons (Fsp3) is 0.250. The molecule has 2 aromatic rings. The number of hydrogen-bond acceptors (Lipinski definition) is 6. The van der Waals surface area contributed by atoms with Crippen LogP contribution in [0.4, 0.5) is 0 Å². The van der Waals surface area contributed by atoms with Gasteiger partial charge in [-0.3, -0.25) is 19.6 Å². The van der Waals surface area contributed by atoms with E-state index in [0.717, 1.165) is 0 Å². The molecule has 1 heterocycles. The average Bonchev–Trinajstić information content (AvgIpc) is 2.92. The number of hydrogen-bond donors (Lipinski definition) is 1. The van der Waals surface area contributed by atoms with Gasteiger partial charge in [-0.05, 0) is 19.1 Å². The number of imide groups is 1. The SMILES string of the molecule is COc1ccccc1C(=O)NC(=O)COC(=O)c1cnn(C)c1C. The lowest BCUT2D eigenvalue weighted by Gasteiger charge is -2.08. The minimum atomic E-state index is -0.735. The van der Waals surface area contributed by atoms with E-state index in [0.29, 0.717) is 11.4 Å². The minimum Gasteiger partial charge on any atom is -0.496 e. The molecule has 0 atom stereocenters. The van der Waals surface area contributed by atoms with Crippen molar-refractivity contribution in [1.29, 1.82) is 0 Å². The monoisotopic (exact) mass is 331 g/mol. The molecule has 0 saturated heterocycles. The fourth-order valence-corrected chi connectivity index (χ4v) is 1.97. The minimum absolute atomic E-state index is 0.211. The van der Waals surface area contributed by atoms with Gasteiger partial charge >= 0.3 is 5.97 Å². The lowest BCUT2D eigenvalue weighted by Crippen LogP contribution is -2.34. The molecule has 1 aromatic carbocycles. The highest BCUT2D eigenvalue weighted by Crippen LogP contribution is 2.16. The molecule has 0 saturated carbocycles. The molecule has 0 bridgehead atoms. The van der Waals surface area contributed by atoms with Crippen LogP contribution >= 0.6 is 0 Å². The van der Waals surface area contributed by atoms with Crippen LogP contribution in [0.15, 0.2) is 30.5 Å². The zero-order valence-corrected chi connectivity index (χ0v) is 13.5. The molecule has 1 N–H and O–H groups in total. The normalized spacial score (nSPS) is 10.1. The Morgan fingerprint density at radius 3 is 2.54 bits per heavy atom. The van der Waals surface area contributed by atoms with Crippen molar-refractivity contribution in [2.24, 2.45) is 7.05 Å². The molecule has 0 aliphatic carbocycles. The first-order valence-corrected chi connectivity index (χ1v) is 7.07. The Morgan fingerprint density at radius 1 is 1.21 bits per heavy atom. The van der Waals surface area contributed by atoms with Crippen molar-refractivity contribution in [1.82, 2.24) is 15.1 Å². The zero-order valence-electron chi connectivity index (χ0n) is 13.5. The summed E-state index contributed by atoms with van der Waals surface area (Å²) in [5, 5.41) is 6.06. The van der Waals surface area contributed by atoms with Crippen LogP contribution < -0.4 is 10.1 Å². The number of methoxy groups -OCH3 is 1. The molecule has 1 aromatic heterocycles. The Kier molecular flexibility index (Phi) is 5.31. The van der Waals surface area contributed by atoms with Crippen molar-refractivity contribution in [2.45, 2.75) is 6.92 Å². The number of nitrogens with one attached hydrogen (secondary N) is 1. The van der Waals surface area contributed by atoms with Crippen LogP contribution in [-0.4, -0.2) is 41.3 Å². The molecule has 0 unspecified atom stereocenters. The summed E-state index contributed by atoms with van der Waals surface area (Å²) in [6, 6.07) is 6.47. The Hall–Kier alpha value is -3.16.